The Balaban J connectivity index is 2.05. The highest BCUT2D eigenvalue weighted by atomic mass is 16.7. The predicted molar refractivity (Wildman–Crippen MR) is 94.2 cm³/mol. The number of esters is 3. The molecule has 3 heterocycles. The van der Waals surface area contributed by atoms with Crippen LogP contribution in [0, 0.1) is 0 Å². The second-order valence-corrected chi connectivity index (χ2v) is 6.29. The highest BCUT2D eigenvalue weighted by molar-refractivity contribution is 5.74. The number of carbonyl (C=O) groups excluding carboxylic acids is 3. The van der Waals surface area contributed by atoms with Crippen LogP contribution in [0.4, 0.5) is 5.95 Å². The van der Waals surface area contributed by atoms with Gasteiger partial charge >= 0.3 is 17.9 Å². The minimum absolute atomic E-state index is 0.0723. The zero-order chi connectivity index (χ0) is 21.3. The fourth-order valence-electron chi connectivity index (χ4n) is 3.03. The predicted octanol–water partition coefficient (Wildman–Crippen LogP) is -0.974. The van der Waals surface area contributed by atoms with Gasteiger partial charge in [-0.3, -0.25) is 24.2 Å². The molecule has 1 aliphatic rings. The van der Waals surface area contributed by atoms with Crippen molar-refractivity contribution in [2.45, 2.75) is 45.3 Å². The van der Waals surface area contributed by atoms with E-state index in [0.29, 0.717) is 0 Å². The summed E-state index contributed by atoms with van der Waals surface area (Å²) in [5, 5.41) is 4.22. The van der Waals surface area contributed by atoms with Crippen LogP contribution >= 0.6 is 0 Å². The highest BCUT2D eigenvalue weighted by Crippen LogP contribution is 2.35. The summed E-state index contributed by atoms with van der Waals surface area (Å²) in [6.45, 7) is 3.28. The Hall–Kier alpha value is -3.48. The van der Waals surface area contributed by atoms with Crippen LogP contribution in [0.25, 0.3) is 11.0 Å². The number of aromatic amines is 1. The van der Waals surface area contributed by atoms with Crippen molar-refractivity contribution in [3.8, 4) is 0 Å². The molecule has 156 valence electrons. The van der Waals surface area contributed by atoms with Gasteiger partial charge in [0.2, 0.25) is 5.95 Å². The number of anilines is 1. The van der Waals surface area contributed by atoms with E-state index in [0.717, 1.165) is 0 Å². The Morgan fingerprint density at radius 3 is 2.45 bits per heavy atom. The van der Waals surface area contributed by atoms with Crippen LogP contribution in [0.15, 0.2) is 11.0 Å². The number of nitrogens with zero attached hydrogens (tertiary/aromatic N) is 3. The summed E-state index contributed by atoms with van der Waals surface area (Å²) in [6, 6.07) is 0. The lowest BCUT2D eigenvalue weighted by molar-refractivity contribution is -0.166. The number of ether oxygens (including phenoxy) is 4. The van der Waals surface area contributed by atoms with Crippen molar-refractivity contribution in [1.82, 2.24) is 19.7 Å². The van der Waals surface area contributed by atoms with Crippen molar-refractivity contribution in [2.24, 2.45) is 0 Å². The van der Waals surface area contributed by atoms with Gasteiger partial charge in [0, 0.05) is 20.8 Å². The fourth-order valence-corrected chi connectivity index (χ4v) is 3.03. The third-order valence-electron chi connectivity index (χ3n) is 4.06. The summed E-state index contributed by atoms with van der Waals surface area (Å²) in [7, 11) is 0. The molecule has 1 aliphatic heterocycles. The fraction of sp³-hybridized carbons (Fsp3) is 0.500. The van der Waals surface area contributed by atoms with Crippen molar-refractivity contribution in [3.05, 3.63) is 16.6 Å². The van der Waals surface area contributed by atoms with Crippen LogP contribution in [-0.4, -0.2) is 62.6 Å². The van der Waals surface area contributed by atoms with Gasteiger partial charge in [-0.2, -0.15) is 10.1 Å². The van der Waals surface area contributed by atoms with Gasteiger partial charge in [0.05, 0.1) is 6.20 Å². The summed E-state index contributed by atoms with van der Waals surface area (Å²) < 4.78 is 22.6. The number of aromatic nitrogens is 4. The number of hydrogen-bond acceptors (Lipinski definition) is 11. The van der Waals surface area contributed by atoms with Gasteiger partial charge in [0.1, 0.15) is 18.1 Å². The molecule has 0 bridgehead atoms. The molecule has 13 nitrogen and oxygen atoms in total. The molecule has 1 saturated heterocycles. The van der Waals surface area contributed by atoms with Crippen molar-refractivity contribution >= 4 is 34.9 Å². The third-order valence-corrected chi connectivity index (χ3v) is 4.06. The maximum atomic E-state index is 12.1. The average Bonchev–Trinajstić information content (AvgIpc) is 3.15. The summed E-state index contributed by atoms with van der Waals surface area (Å²) in [6.07, 6.45) is -3.10. The molecule has 29 heavy (non-hydrogen) atoms. The normalized spacial score (nSPS) is 23.7. The minimum Gasteiger partial charge on any atom is -0.463 e. The van der Waals surface area contributed by atoms with Crippen LogP contribution in [0.2, 0.25) is 0 Å². The van der Waals surface area contributed by atoms with Crippen LogP contribution in [-0.2, 0) is 33.3 Å². The third kappa shape index (κ3) is 4.18. The smallest absolute Gasteiger partial charge is 0.303 e. The van der Waals surface area contributed by atoms with E-state index in [1.165, 1.54) is 31.6 Å². The van der Waals surface area contributed by atoms with E-state index in [9.17, 15) is 19.2 Å². The number of nitrogen functional groups attached to an aromatic ring is 1. The van der Waals surface area contributed by atoms with Crippen LogP contribution < -0.4 is 11.3 Å². The number of hydrogen-bond donors (Lipinski definition) is 2. The number of rotatable bonds is 5. The van der Waals surface area contributed by atoms with Crippen molar-refractivity contribution in [3.63, 3.8) is 0 Å². The van der Waals surface area contributed by atoms with Crippen molar-refractivity contribution < 1.29 is 33.3 Å². The summed E-state index contributed by atoms with van der Waals surface area (Å²) in [4.78, 5) is 52.9. The van der Waals surface area contributed by atoms with E-state index in [1.54, 1.807) is 0 Å². The lowest BCUT2D eigenvalue weighted by atomic mass is 10.1. The molecule has 0 saturated carbocycles. The van der Waals surface area contributed by atoms with Crippen LogP contribution in [0.3, 0.4) is 0 Å². The molecule has 13 heteroatoms. The van der Waals surface area contributed by atoms with E-state index in [1.807, 2.05) is 0 Å². The summed E-state index contributed by atoms with van der Waals surface area (Å²) in [5.41, 5.74) is 5.16. The summed E-state index contributed by atoms with van der Waals surface area (Å²) >= 11 is 0. The van der Waals surface area contributed by atoms with Gasteiger partial charge in [-0.15, -0.1) is 0 Å². The molecular formula is C16H19N5O8. The molecule has 0 amide bonds. The van der Waals surface area contributed by atoms with E-state index in [-0.39, 0.29) is 23.6 Å². The Morgan fingerprint density at radius 1 is 1.17 bits per heavy atom. The number of carbonyl (C=O) groups is 3. The second-order valence-electron chi connectivity index (χ2n) is 6.29. The average molecular weight is 409 g/mol. The molecule has 3 N–H and O–H groups in total. The molecule has 3 rings (SSSR count). The molecule has 0 unspecified atom stereocenters. The van der Waals surface area contributed by atoms with Gasteiger partial charge < -0.3 is 24.7 Å². The van der Waals surface area contributed by atoms with E-state index < -0.39 is 48.0 Å². The zero-order valence-corrected chi connectivity index (χ0v) is 15.8. The molecular weight excluding hydrogens is 390 g/mol. The molecule has 4 atom stereocenters. The molecule has 0 aromatic carbocycles. The van der Waals surface area contributed by atoms with Gasteiger partial charge in [-0.25, -0.2) is 4.68 Å². The second kappa shape index (κ2) is 7.87. The first-order chi connectivity index (χ1) is 13.7. The molecule has 2 aromatic rings. The number of fused-ring (bicyclic) bond motifs is 1. The maximum absolute atomic E-state index is 12.1. The first-order valence-corrected chi connectivity index (χ1v) is 8.53. The lowest BCUT2D eigenvalue weighted by Crippen LogP contribution is -2.40. The molecule has 0 spiro atoms. The topological polar surface area (TPSA) is 178 Å². The first-order valence-electron chi connectivity index (χ1n) is 8.53. The number of nitrogens with two attached hydrogens (primary N) is 1. The molecule has 0 radical (unpaired) electrons. The number of nitrogens with one attached hydrogen (secondary N) is 1. The van der Waals surface area contributed by atoms with Gasteiger partial charge in [-0.05, 0) is 0 Å². The Bertz CT molecular complexity index is 1010. The summed E-state index contributed by atoms with van der Waals surface area (Å²) in [5.74, 6) is -2.06. The van der Waals surface area contributed by atoms with Gasteiger partial charge in [0.25, 0.3) is 5.56 Å². The minimum atomic E-state index is -1.15. The van der Waals surface area contributed by atoms with E-state index in [2.05, 4.69) is 15.1 Å². The zero-order valence-electron chi connectivity index (χ0n) is 15.8. The SMILES string of the molecule is CC(=O)OC[C@H]1O[C@@H](n2ncc3c(=O)[nH]c(N)nc32)[C@H](OC(C)=O)[C@@H]1OC(C)=O. The first kappa shape index (κ1) is 20.3. The number of H-pyrrole nitrogens is 1. The monoisotopic (exact) mass is 409 g/mol. The molecule has 1 fully saturated rings. The van der Waals surface area contributed by atoms with Crippen molar-refractivity contribution in [1.29, 1.82) is 0 Å². The lowest BCUT2D eigenvalue weighted by Gasteiger charge is -2.23. The van der Waals surface area contributed by atoms with Crippen LogP contribution in [0.5, 0.6) is 0 Å². The van der Waals surface area contributed by atoms with E-state index >= 15 is 0 Å². The van der Waals surface area contributed by atoms with E-state index in [4.69, 9.17) is 24.7 Å². The molecule has 0 aliphatic carbocycles. The molecule has 2 aromatic heterocycles. The highest BCUT2D eigenvalue weighted by Gasteiger charge is 2.51. The quantitative estimate of drug-likeness (QED) is 0.458. The Labute approximate surface area is 163 Å². The van der Waals surface area contributed by atoms with Crippen molar-refractivity contribution in [2.75, 3.05) is 12.3 Å². The Kier molecular flexibility index (Phi) is 5.50. The largest absolute Gasteiger partial charge is 0.463 e. The Morgan fingerprint density at radius 2 is 1.83 bits per heavy atom. The standard InChI is InChI=1S/C16H19N5O8/c1-6(22)26-5-10-11(27-7(2)23)12(28-8(3)24)15(29-10)21-13-9(4-18-21)14(25)20-16(17)19-13/h4,10-12,15H,5H2,1-3H3,(H3,17,19,20,25)/t10-,11-,12-,15-/m1/s1. The maximum Gasteiger partial charge on any atom is 0.303 e. The van der Waals surface area contributed by atoms with Gasteiger partial charge in [0.15, 0.2) is 24.1 Å². The van der Waals surface area contributed by atoms with Gasteiger partial charge in [-0.1, -0.05) is 0 Å². The van der Waals surface area contributed by atoms with Crippen LogP contribution in [0.1, 0.15) is 27.0 Å².